The molecule has 3 amide bonds. The number of fused-ring (bicyclic) bond motifs is 1. The Kier molecular flexibility index (Phi) is 3.96. The van der Waals surface area contributed by atoms with Gasteiger partial charge in [0.2, 0.25) is 6.79 Å². The Morgan fingerprint density at radius 3 is 2.78 bits per heavy atom. The van der Waals surface area contributed by atoms with Crippen LogP contribution in [0.25, 0.3) is 0 Å². The van der Waals surface area contributed by atoms with Gasteiger partial charge < -0.3 is 14.8 Å². The van der Waals surface area contributed by atoms with Crippen molar-refractivity contribution in [2.24, 2.45) is 0 Å². The second kappa shape index (κ2) is 6.32. The second-order valence-electron chi connectivity index (χ2n) is 6.79. The van der Waals surface area contributed by atoms with Crippen LogP contribution in [0.1, 0.15) is 23.6 Å². The second-order valence-corrected chi connectivity index (χ2v) is 6.79. The number of ether oxygens (including phenoxy) is 2. The average molecular weight is 363 g/mol. The summed E-state index contributed by atoms with van der Waals surface area (Å²) in [4.78, 5) is 26.6. The average Bonchev–Trinajstić information content (AvgIpc) is 3.20. The van der Waals surface area contributed by atoms with Gasteiger partial charge in [0.15, 0.2) is 11.5 Å². The standard InChI is InChI=1S/C20H17N3O4/c1-20(9-13-6-7-16-17(8-13)27-12-26-16)18(24)23(19(25)22-20)11-15-5-3-2-4-14(15)10-21/h2-8H,9,11-12H2,1H3,(H,22,25). The maximum Gasteiger partial charge on any atom is 0.325 e. The number of urea groups is 1. The zero-order chi connectivity index (χ0) is 19.0. The fourth-order valence-corrected chi connectivity index (χ4v) is 3.41. The molecule has 136 valence electrons. The molecular formula is C20H17N3O4. The third-order valence-electron chi connectivity index (χ3n) is 4.81. The van der Waals surface area contributed by atoms with Crippen molar-refractivity contribution in [2.75, 3.05) is 6.79 Å². The number of hydrogen-bond acceptors (Lipinski definition) is 5. The summed E-state index contributed by atoms with van der Waals surface area (Å²) in [5, 5.41) is 12.0. The normalized spacial score (nSPS) is 20.5. The van der Waals surface area contributed by atoms with E-state index in [2.05, 4.69) is 11.4 Å². The SMILES string of the molecule is CC1(Cc2ccc3c(c2)OCO3)NC(=O)N(Cc2ccccc2C#N)C1=O. The molecule has 1 saturated heterocycles. The zero-order valence-electron chi connectivity index (χ0n) is 14.7. The van der Waals surface area contributed by atoms with Crippen molar-refractivity contribution in [3.63, 3.8) is 0 Å². The molecule has 2 aromatic carbocycles. The van der Waals surface area contributed by atoms with E-state index >= 15 is 0 Å². The molecule has 0 saturated carbocycles. The molecule has 2 heterocycles. The van der Waals surface area contributed by atoms with Crippen LogP contribution in [0.4, 0.5) is 4.79 Å². The molecule has 1 unspecified atom stereocenters. The van der Waals surface area contributed by atoms with Crippen LogP contribution >= 0.6 is 0 Å². The minimum absolute atomic E-state index is 0.0606. The van der Waals surface area contributed by atoms with Gasteiger partial charge in [-0.05, 0) is 36.2 Å². The number of imide groups is 1. The van der Waals surface area contributed by atoms with Gasteiger partial charge in [0.1, 0.15) is 5.54 Å². The minimum Gasteiger partial charge on any atom is -0.454 e. The van der Waals surface area contributed by atoms with Crippen molar-refractivity contribution < 1.29 is 19.1 Å². The van der Waals surface area contributed by atoms with Crippen molar-refractivity contribution in [3.05, 3.63) is 59.2 Å². The Morgan fingerprint density at radius 2 is 1.96 bits per heavy atom. The molecule has 2 aliphatic heterocycles. The maximum atomic E-state index is 13.0. The predicted octanol–water partition coefficient (Wildman–Crippen LogP) is 2.34. The van der Waals surface area contributed by atoms with Crippen LogP contribution in [0, 0.1) is 11.3 Å². The molecule has 0 radical (unpaired) electrons. The number of nitriles is 1. The number of amides is 3. The number of carbonyl (C=O) groups is 2. The third kappa shape index (κ3) is 2.95. The lowest BCUT2D eigenvalue weighted by molar-refractivity contribution is -0.131. The van der Waals surface area contributed by atoms with Crippen molar-refractivity contribution in [2.45, 2.75) is 25.4 Å². The highest BCUT2D eigenvalue weighted by Gasteiger charge is 2.47. The lowest BCUT2D eigenvalue weighted by Crippen LogP contribution is -2.45. The number of nitrogens with zero attached hydrogens (tertiary/aromatic N) is 2. The molecular weight excluding hydrogens is 346 g/mol. The quantitative estimate of drug-likeness (QED) is 0.842. The van der Waals surface area contributed by atoms with Crippen LogP contribution in [-0.2, 0) is 17.8 Å². The first kappa shape index (κ1) is 16.9. The molecule has 0 aromatic heterocycles. The summed E-state index contributed by atoms with van der Waals surface area (Å²) in [6, 6.07) is 14.0. The van der Waals surface area contributed by atoms with Gasteiger partial charge in [-0.15, -0.1) is 0 Å². The molecule has 0 spiro atoms. The first-order valence-electron chi connectivity index (χ1n) is 8.51. The highest BCUT2D eigenvalue weighted by atomic mass is 16.7. The molecule has 0 aliphatic carbocycles. The number of benzene rings is 2. The van der Waals surface area contributed by atoms with E-state index in [0.29, 0.717) is 29.0 Å². The summed E-state index contributed by atoms with van der Waals surface area (Å²) in [5.74, 6) is 0.978. The smallest absolute Gasteiger partial charge is 0.325 e. The Hall–Kier alpha value is -3.53. The van der Waals surface area contributed by atoms with Crippen molar-refractivity contribution in [3.8, 4) is 17.6 Å². The fraction of sp³-hybridized carbons (Fsp3) is 0.250. The molecule has 7 heteroatoms. The fourth-order valence-electron chi connectivity index (χ4n) is 3.41. The van der Waals surface area contributed by atoms with E-state index in [1.165, 1.54) is 0 Å². The Morgan fingerprint density at radius 1 is 1.19 bits per heavy atom. The first-order valence-corrected chi connectivity index (χ1v) is 8.51. The molecule has 2 aromatic rings. The molecule has 0 bridgehead atoms. The summed E-state index contributed by atoms with van der Waals surface area (Å²) < 4.78 is 10.7. The molecule has 7 nitrogen and oxygen atoms in total. The van der Waals surface area contributed by atoms with E-state index in [9.17, 15) is 14.9 Å². The molecule has 1 fully saturated rings. The first-order chi connectivity index (χ1) is 13.0. The van der Waals surface area contributed by atoms with Crippen LogP contribution in [0.2, 0.25) is 0 Å². The number of rotatable bonds is 4. The summed E-state index contributed by atoms with van der Waals surface area (Å²) in [6.45, 7) is 1.94. The summed E-state index contributed by atoms with van der Waals surface area (Å²) in [7, 11) is 0. The topological polar surface area (TPSA) is 91.7 Å². The number of carbonyl (C=O) groups excluding carboxylic acids is 2. The zero-order valence-corrected chi connectivity index (χ0v) is 14.7. The Bertz CT molecular complexity index is 981. The van der Waals surface area contributed by atoms with E-state index < -0.39 is 11.6 Å². The van der Waals surface area contributed by atoms with Gasteiger partial charge in [-0.3, -0.25) is 9.69 Å². The summed E-state index contributed by atoms with van der Waals surface area (Å²) >= 11 is 0. The largest absolute Gasteiger partial charge is 0.454 e. The van der Waals surface area contributed by atoms with Gasteiger partial charge in [0, 0.05) is 6.42 Å². The van der Waals surface area contributed by atoms with Crippen LogP contribution in [0.5, 0.6) is 11.5 Å². The Labute approximate surface area is 156 Å². The highest BCUT2D eigenvalue weighted by molar-refractivity contribution is 6.06. The lowest BCUT2D eigenvalue weighted by atomic mass is 9.92. The van der Waals surface area contributed by atoms with Crippen LogP contribution in [0.15, 0.2) is 42.5 Å². The van der Waals surface area contributed by atoms with Crippen molar-refractivity contribution in [1.29, 1.82) is 5.26 Å². The number of hydrogen-bond donors (Lipinski definition) is 1. The molecule has 27 heavy (non-hydrogen) atoms. The monoisotopic (exact) mass is 363 g/mol. The van der Waals surface area contributed by atoms with Gasteiger partial charge in [-0.2, -0.15) is 5.26 Å². The van der Waals surface area contributed by atoms with Gasteiger partial charge in [-0.25, -0.2) is 4.79 Å². The predicted molar refractivity (Wildman–Crippen MR) is 94.9 cm³/mol. The van der Waals surface area contributed by atoms with Gasteiger partial charge in [0.05, 0.1) is 18.2 Å². The van der Waals surface area contributed by atoms with E-state index in [-0.39, 0.29) is 19.2 Å². The van der Waals surface area contributed by atoms with Crippen LogP contribution in [-0.4, -0.2) is 29.2 Å². The van der Waals surface area contributed by atoms with E-state index in [0.717, 1.165) is 10.5 Å². The summed E-state index contributed by atoms with van der Waals surface area (Å²) in [6.07, 6.45) is 0.324. The molecule has 2 aliphatic rings. The van der Waals surface area contributed by atoms with Crippen LogP contribution < -0.4 is 14.8 Å². The molecule has 1 atom stereocenters. The molecule has 1 N–H and O–H groups in total. The molecule has 4 rings (SSSR count). The lowest BCUT2D eigenvalue weighted by Gasteiger charge is -2.22. The van der Waals surface area contributed by atoms with E-state index in [1.54, 1.807) is 37.3 Å². The van der Waals surface area contributed by atoms with Gasteiger partial charge in [-0.1, -0.05) is 24.3 Å². The van der Waals surface area contributed by atoms with E-state index in [4.69, 9.17) is 9.47 Å². The van der Waals surface area contributed by atoms with Crippen molar-refractivity contribution >= 4 is 11.9 Å². The van der Waals surface area contributed by atoms with E-state index in [1.807, 2.05) is 12.1 Å². The van der Waals surface area contributed by atoms with Crippen LogP contribution in [0.3, 0.4) is 0 Å². The third-order valence-corrected chi connectivity index (χ3v) is 4.81. The van der Waals surface area contributed by atoms with Gasteiger partial charge >= 0.3 is 6.03 Å². The Balaban J connectivity index is 1.55. The highest BCUT2D eigenvalue weighted by Crippen LogP contribution is 2.34. The number of nitrogens with one attached hydrogen (secondary N) is 1. The minimum atomic E-state index is -1.06. The summed E-state index contributed by atoms with van der Waals surface area (Å²) in [5.41, 5.74) is 0.875. The van der Waals surface area contributed by atoms with Crippen molar-refractivity contribution in [1.82, 2.24) is 10.2 Å². The van der Waals surface area contributed by atoms with Gasteiger partial charge in [0.25, 0.3) is 5.91 Å². The maximum absolute atomic E-state index is 13.0.